The Balaban J connectivity index is 1.43. The molecule has 1 N–H and O–H groups in total. The maximum Gasteiger partial charge on any atom is 0.177 e. The minimum atomic E-state index is 0.601. The number of hydrogen-bond acceptors (Lipinski definition) is 5. The number of rotatable bonds is 2. The topological polar surface area (TPSA) is 66.8 Å². The lowest BCUT2D eigenvalue weighted by atomic mass is 10.1. The second-order valence-electron chi connectivity index (χ2n) is 8.68. The van der Waals surface area contributed by atoms with Crippen LogP contribution in [0, 0.1) is 13.8 Å². The summed E-state index contributed by atoms with van der Waals surface area (Å²) in [6.45, 7) is 4.21. The molecule has 0 fully saturated rings. The highest BCUT2D eigenvalue weighted by molar-refractivity contribution is 7.80. The molecule has 0 aliphatic heterocycles. The van der Waals surface area contributed by atoms with E-state index in [-0.39, 0.29) is 0 Å². The molecule has 3 heterocycles. The Morgan fingerprint density at radius 3 is 2.06 bits per heavy atom. The van der Waals surface area contributed by atoms with Gasteiger partial charge in [-0.3, -0.25) is 9.97 Å². The SMILES string of the molecule is Cc1ccc(N(C)C(=S)Nc2ccc3nc4c5ncccc5c5cccnc5c4nc3c2)cc1C. The molecular formula is C28H22N6S. The average Bonchev–Trinajstić information content (AvgIpc) is 2.89. The van der Waals surface area contributed by atoms with E-state index in [2.05, 4.69) is 59.5 Å². The molecule has 3 aromatic carbocycles. The van der Waals surface area contributed by atoms with Crippen LogP contribution in [0.3, 0.4) is 0 Å². The molecule has 6 aromatic rings. The fourth-order valence-electron chi connectivity index (χ4n) is 4.34. The molecule has 7 heteroatoms. The van der Waals surface area contributed by atoms with E-state index in [0.29, 0.717) is 5.11 Å². The van der Waals surface area contributed by atoms with Gasteiger partial charge in [-0.2, -0.15) is 0 Å². The van der Waals surface area contributed by atoms with E-state index < -0.39 is 0 Å². The summed E-state index contributed by atoms with van der Waals surface area (Å²) in [5.41, 5.74) is 9.07. The lowest BCUT2D eigenvalue weighted by Crippen LogP contribution is -2.30. The number of aryl methyl sites for hydroxylation is 2. The molecule has 0 saturated carbocycles. The fraction of sp³-hybridized carbons (Fsp3) is 0.107. The molecule has 0 aliphatic rings. The van der Waals surface area contributed by atoms with Gasteiger partial charge in [-0.05, 0) is 79.7 Å². The van der Waals surface area contributed by atoms with Gasteiger partial charge in [-0.1, -0.05) is 18.2 Å². The zero-order valence-corrected chi connectivity index (χ0v) is 20.4. The van der Waals surface area contributed by atoms with Crippen LogP contribution in [0.4, 0.5) is 11.4 Å². The largest absolute Gasteiger partial charge is 0.332 e. The van der Waals surface area contributed by atoms with E-state index in [1.54, 1.807) is 12.4 Å². The number of pyridine rings is 2. The van der Waals surface area contributed by atoms with Gasteiger partial charge in [0.1, 0.15) is 11.0 Å². The van der Waals surface area contributed by atoms with Crippen LogP contribution in [0.15, 0.2) is 73.1 Å². The monoisotopic (exact) mass is 474 g/mol. The van der Waals surface area contributed by atoms with E-state index in [4.69, 9.17) is 22.2 Å². The molecule has 6 rings (SSSR count). The first kappa shape index (κ1) is 21.3. The van der Waals surface area contributed by atoms with Crippen LogP contribution in [0.1, 0.15) is 11.1 Å². The molecule has 170 valence electrons. The number of anilines is 2. The average molecular weight is 475 g/mol. The molecule has 0 amide bonds. The van der Waals surface area contributed by atoms with Crippen molar-refractivity contribution < 1.29 is 0 Å². The van der Waals surface area contributed by atoms with Crippen molar-refractivity contribution in [2.24, 2.45) is 0 Å². The molecule has 0 bridgehead atoms. The Morgan fingerprint density at radius 2 is 1.40 bits per heavy atom. The van der Waals surface area contributed by atoms with Crippen molar-refractivity contribution in [2.45, 2.75) is 13.8 Å². The molecule has 0 atom stereocenters. The standard InChI is InChI=1S/C28H22N6S/c1-16-8-10-19(14-17(16)2)34(3)28(35)31-18-9-11-22-23(15-18)33-27-25-21(7-5-13-30-25)20-6-4-12-29-24(20)26(27)32-22/h4-15H,1-3H3,(H,31,35). The van der Waals surface area contributed by atoms with Crippen LogP contribution >= 0.6 is 12.2 Å². The van der Waals surface area contributed by atoms with E-state index in [9.17, 15) is 0 Å². The Hall–Kier alpha value is -4.23. The van der Waals surface area contributed by atoms with Gasteiger partial charge >= 0.3 is 0 Å². The van der Waals surface area contributed by atoms with Crippen molar-refractivity contribution in [2.75, 3.05) is 17.3 Å². The van der Waals surface area contributed by atoms with E-state index in [0.717, 1.165) is 55.2 Å². The van der Waals surface area contributed by atoms with E-state index >= 15 is 0 Å². The van der Waals surface area contributed by atoms with Gasteiger partial charge in [0.05, 0.1) is 22.1 Å². The van der Waals surface area contributed by atoms with Crippen molar-refractivity contribution in [3.63, 3.8) is 0 Å². The van der Waals surface area contributed by atoms with Gasteiger partial charge < -0.3 is 10.2 Å². The second kappa shape index (κ2) is 8.21. The van der Waals surface area contributed by atoms with Crippen molar-refractivity contribution in [3.8, 4) is 0 Å². The molecule has 0 spiro atoms. The Morgan fingerprint density at radius 1 is 0.743 bits per heavy atom. The van der Waals surface area contributed by atoms with Crippen molar-refractivity contribution in [3.05, 3.63) is 84.2 Å². The van der Waals surface area contributed by atoms with Crippen molar-refractivity contribution in [1.82, 2.24) is 19.9 Å². The molecule has 0 saturated heterocycles. The summed E-state index contributed by atoms with van der Waals surface area (Å²) in [7, 11) is 1.96. The van der Waals surface area contributed by atoms with Crippen LogP contribution in [0.5, 0.6) is 0 Å². The summed E-state index contributed by atoms with van der Waals surface area (Å²) in [5, 5.41) is 5.98. The molecule has 3 aromatic heterocycles. The molecule has 0 unspecified atom stereocenters. The third-order valence-electron chi connectivity index (χ3n) is 6.45. The number of hydrogen-bond donors (Lipinski definition) is 1. The maximum absolute atomic E-state index is 5.69. The van der Waals surface area contributed by atoms with Gasteiger partial charge in [0.25, 0.3) is 0 Å². The molecule has 6 nitrogen and oxygen atoms in total. The highest BCUT2D eigenvalue weighted by Gasteiger charge is 2.15. The number of thiocarbonyl (C=S) groups is 1. The van der Waals surface area contributed by atoms with Crippen LogP contribution < -0.4 is 10.2 Å². The van der Waals surface area contributed by atoms with Gasteiger partial charge in [0.2, 0.25) is 0 Å². The van der Waals surface area contributed by atoms with Gasteiger partial charge in [0, 0.05) is 41.6 Å². The lowest BCUT2D eigenvalue weighted by molar-refractivity contribution is 1.24. The first-order valence-corrected chi connectivity index (χ1v) is 11.8. The first-order chi connectivity index (χ1) is 17.0. The Kier molecular flexibility index (Phi) is 5.00. The quantitative estimate of drug-likeness (QED) is 0.179. The van der Waals surface area contributed by atoms with Crippen LogP contribution in [0.25, 0.3) is 43.9 Å². The smallest absolute Gasteiger partial charge is 0.177 e. The predicted octanol–water partition coefficient (Wildman–Crippen LogP) is 6.33. The van der Waals surface area contributed by atoms with Gasteiger partial charge in [-0.15, -0.1) is 0 Å². The molecule has 35 heavy (non-hydrogen) atoms. The zero-order valence-electron chi connectivity index (χ0n) is 19.6. The highest BCUT2D eigenvalue weighted by atomic mass is 32.1. The summed E-state index contributed by atoms with van der Waals surface area (Å²) >= 11 is 5.69. The highest BCUT2D eigenvalue weighted by Crippen LogP contribution is 2.32. The van der Waals surface area contributed by atoms with E-state index in [1.165, 1.54) is 11.1 Å². The second-order valence-corrected chi connectivity index (χ2v) is 9.07. The Labute approximate surface area is 207 Å². The molecule has 0 aliphatic carbocycles. The number of nitrogens with zero attached hydrogens (tertiary/aromatic N) is 5. The number of aromatic nitrogens is 4. The summed E-state index contributed by atoms with van der Waals surface area (Å²) in [6, 6.07) is 20.2. The summed E-state index contributed by atoms with van der Waals surface area (Å²) < 4.78 is 0. The van der Waals surface area contributed by atoms with E-state index in [1.807, 2.05) is 42.3 Å². The minimum Gasteiger partial charge on any atom is -0.332 e. The summed E-state index contributed by atoms with van der Waals surface area (Å²) in [6.07, 6.45) is 3.57. The van der Waals surface area contributed by atoms with Crippen molar-refractivity contribution >= 4 is 72.6 Å². The number of nitrogens with one attached hydrogen (secondary N) is 1. The normalized spacial score (nSPS) is 11.4. The fourth-order valence-corrected chi connectivity index (χ4v) is 4.57. The molecule has 0 radical (unpaired) electrons. The molecular weight excluding hydrogens is 452 g/mol. The third kappa shape index (κ3) is 3.61. The van der Waals surface area contributed by atoms with Crippen LogP contribution in [0.2, 0.25) is 0 Å². The Bertz CT molecular complexity index is 1800. The summed E-state index contributed by atoms with van der Waals surface area (Å²) in [4.78, 5) is 21.1. The van der Waals surface area contributed by atoms with Gasteiger partial charge in [-0.25, -0.2) is 9.97 Å². The summed E-state index contributed by atoms with van der Waals surface area (Å²) in [5.74, 6) is 0. The maximum atomic E-state index is 5.69. The first-order valence-electron chi connectivity index (χ1n) is 11.3. The lowest BCUT2D eigenvalue weighted by Gasteiger charge is -2.22. The van der Waals surface area contributed by atoms with Crippen LogP contribution in [-0.4, -0.2) is 32.1 Å². The minimum absolute atomic E-state index is 0.601. The third-order valence-corrected chi connectivity index (χ3v) is 6.83. The predicted molar refractivity (Wildman–Crippen MR) is 148 cm³/mol. The number of fused-ring (bicyclic) bond motifs is 7. The van der Waals surface area contributed by atoms with Crippen molar-refractivity contribution in [1.29, 1.82) is 0 Å². The number of benzene rings is 3. The zero-order chi connectivity index (χ0) is 24.1. The van der Waals surface area contributed by atoms with Crippen LogP contribution in [-0.2, 0) is 0 Å². The van der Waals surface area contributed by atoms with Gasteiger partial charge in [0.15, 0.2) is 5.11 Å².